The van der Waals surface area contributed by atoms with Crippen LogP contribution in [0.2, 0.25) is 0 Å². The van der Waals surface area contributed by atoms with Crippen LogP contribution in [0.15, 0.2) is 47.6 Å². The molecule has 0 amide bonds. The smallest absolute Gasteiger partial charge is 0.422 e. The fourth-order valence-corrected chi connectivity index (χ4v) is 2.90. The van der Waals surface area contributed by atoms with Gasteiger partial charge in [0.25, 0.3) is 0 Å². The molecular formula is C19H21F4N5O. The maximum absolute atomic E-state index is 13.0. The average molecular weight is 411 g/mol. The molecule has 0 aliphatic carbocycles. The number of anilines is 1. The number of rotatable bonds is 5. The zero-order valence-corrected chi connectivity index (χ0v) is 15.6. The zero-order valence-electron chi connectivity index (χ0n) is 15.6. The number of aromatic nitrogens is 1. The van der Waals surface area contributed by atoms with Gasteiger partial charge in [-0.1, -0.05) is 0 Å². The first-order chi connectivity index (χ1) is 13.8. The van der Waals surface area contributed by atoms with E-state index in [1.54, 1.807) is 18.2 Å². The molecule has 29 heavy (non-hydrogen) atoms. The van der Waals surface area contributed by atoms with Crippen molar-refractivity contribution < 1.29 is 22.3 Å². The number of guanidine groups is 1. The minimum atomic E-state index is -4.42. The molecule has 1 aliphatic heterocycles. The van der Waals surface area contributed by atoms with Crippen molar-refractivity contribution in [2.45, 2.75) is 12.7 Å². The van der Waals surface area contributed by atoms with Gasteiger partial charge in [-0.25, -0.2) is 14.4 Å². The highest BCUT2D eigenvalue weighted by atomic mass is 19.4. The molecule has 0 saturated carbocycles. The Balaban J connectivity index is 1.52. The van der Waals surface area contributed by atoms with Crippen LogP contribution in [0.1, 0.15) is 5.56 Å². The van der Waals surface area contributed by atoms with E-state index in [-0.39, 0.29) is 18.2 Å². The highest BCUT2D eigenvalue weighted by molar-refractivity contribution is 5.78. The van der Waals surface area contributed by atoms with Gasteiger partial charge in [0, 0.05) is 44.1 Å². The maximum Gasteiger partial charge on any atom is 0.422 e. The third-order valence-corrected chi connectivity index (χ3v) is 4.40. The number of piperazine rings is 1. The number of nitrogens with two attached hydrogens (primary N) is 1. The highest BCUT2D eigenvalue weighted by Gasteiger charge is 2.28. The summed E-state index contributed by atoms with van der Waals surface area (Å²) in [6.45, 7) is 1.55. The zero-order chi connectivity index (χ0) is 20.9. The van der Waals surface area contributed by atoms with Gasteiger partial charge in [-0.2, -0.15) is 13.2 Å². The molecule has 0 atom stereocenters. The lowest BCUT2D eigenvalue weighted by Gasteiger charge is -2.36. The van der Waals surface area contributed by atoms with E-state index in [1.807, 2.05) is 4.90 Å². The number of ether oxygens (including phenoxy) is 1. The van der Waals surface area contributed by atoms with Crippen LogP contribution in [0.5, 0.6) is 5.88 Å². The average Bonchev–Trinajstić information content (AvgIpc) is 2.71. The third-order valence-electron chi connectivity index (χ3n) is 4.40. The molecule has 0 unspecified atom stereocenters. The van der Waals surface area contributed by atoms with Crippen LogP contribution in [0.25, 0.3) is 0 Å². The molecule has 2 heterocycles. The number of benzene rings is 1. The first kappa shape index (κ1) is 20.7. The van der Waals surface area contributed by atoms with Crippen molar-refractivity contribution in [1.82, 2.24) is 9.88 Å². The molecule has 156 valence electrons. The molecule has 1 saturated heterocycles. The maximum atomic E-state index is 13.0. The van der Waals surface area contributed by atoms with Gasteiger partial charge in [-0.05, 0) is 35.9 Å². The molecular weight excluding hydrogens is 390 g/mol. The van der Waals surface area contributed by atoms with Crippen LogP contribution in [-0.2, 0) is 6.54 Å². The molecule has 10 heteroatoms. The Morgan fingerprint density at radius 1 is 1.10 bits per heavy atom. The molecule has 3 rings (SSSR count). The first-order valence-corrected chi connectivity index (χ1v) is 9.00. The predicted molar refractivity (Wildman–Crippen MR) is 101 cm³/mol. The molecule has 2 aromatic rings. The number of alkyl halides is 3. The Bertz CT molecular complexity index is 833. The largest absolute Gasteiger partial charge is 0.468 e. The van der Waals surface area contributed by atoms with Crippen LogP contribution in [0, 0.1) is 5.82 Å². The second-order valence-corrected chi connectivity index (χ2v) is 6.53. The summed E-state index contributed by atoms with van der Waals surface area (Å²) in [5.74, 6) is -0.0216. The lowest BCUT2D eigenvalue weighted by Crippen LogP contribution is -2.51. The van der Waals surface area contributed by atoms with Gasteiger partial charge in [0.1, 0.15) is 5.82 Å². The van der Waals surface area contributed by atoms with E-state index < -0.39 is 12.8 Å². The molecule has 6 nitrogen and oxygen atoms in total. The summed E-state index contributed by atoms with van der Waals surface area (Å²) in [5, 5.41) is 0. The van der Waals surface area contributed by atoms with E-state index in [4.69, 9.17) is 5.73 Å². The quantitative estimate of drug-likeness (QED) is 0.466. The van der Waals surface area contributed by atoms with Crippen molar-refractivity contribution in [3.8, 4) is 5.88 Å². The summed E-state index contributed by atoms with van der Waals surface area (Å²) in [6.07, 6.45) is -3.05. The van der Waals surface area contributed by atoms with Crippen molar-refractivity contribution >= 4 is 11.6 Å². The van der Waals surface area contributed by atoms with E-state index in [9.17, 15) is 17.6 Å². The van der Waals surface area contributed by atoms with Crippen LogP contribution in [-0.4, -0.2) is 54.8 Å². The Kier molecular flexibility index (Phi) is 6.40. The van der Waals surface area contributed by atoms with E-state index in [0.717, 1.165) is 5.69 Å². The van der Waals surface area contributed by atoms with Gasteiger partial charge >= 0.3 is 6.18 Å². The Labute approximate surface area is 165 Å². The Morgan fingerprint density at radius 2 is 1.79 bits per heavy atom. The number of aliphatic imine (C=N–C) groups is 1. The molecule has 1 aromatic heterocycles. The topological polar surface area (TPSA) is 67.0 Å². The molecule has 0 bridgehead atoms. The van der Waals surface area contributed by atoms with Crippen molar-refractivity contribution in [3.05, 3.63) is 54.0 Å². The standard InChI is InChI=1S/C19H21F4N5O/c20-15-1-3-16(4-2-15)27-7-9-28(10-8-27)18(24)26-12-14-5-6-25-17(11-14)29-13-19(21,22)23/h1-6,11H,7-10,12-13H2,(H2,24,26). The molecule has 2 N–H and O–H groups in total. The summed E-state index contributed by atoms with van der Waals surface area (Å²) in [7, 11) is 0. The first-order valence-electron chi connectivity index (χ1n) is 9.00. The SMILES string of the molecule is NC(=NCc1ccnc(OCC(F)(F)F)c1)N1CCN(c2ccc(F)cc2)CC1. The molecule has 1 fully saturated rings. The van der Waals surface area contributed by atoms with Gasteiger partial charge in [-0.15, -0.1) is 0 Å². The summed E-state index contributed by atoms with van der Waals surface area (Å²) in [6, 6.07) is 9.39. The summed E-state index contributed by atoms with van der Waals surface area (Å²) in [5.41, 5.74) is 7.66. The number of hydrogen-bond acceptors (Lipinski definition) is 4. The van der Waals surface area contributed by atoms with Crippen LogP contribution in [0.3, 0.4) is 0 Å². The second-order valence-electron chi connectivity index (χ2n) is 6.53. The number of nitrogens with zero attached hydrogens (tertiary/aromatic N) is 4. The van der Waals surface area contributed by atoms with Gasteiger partial charge in [0.05, 0.1) is 6.54 Å². The Morgan fingerprint density at radius 3 is 2.45 bits per heavy atom. The lowest BCUT2D eigenvalue weighted by atomic mass is 10.2. The van der Waals surface area contributed by atoms with Gasteiger partial charge < -0.3 is 20.3 Å². The highest BCUT2D eigenvalue weighted by Crippen LogP contribution is 2.19. The summed E-state index contributed by atoms with van der Waals surface area (Å²) < 4.78 is 54.4. The summed E-state index contributed by atoms with van der Waals surface area (Å²) in [4.78, 5) is 12.2. The van der Waals surface area contributed by atoms with Crippen molar-refractivity contribution in [2.24, 2.45) is 10.7 Å². The Hall–Kier alpha value is -3.04. The van der Waals surface area contributed by atoms with Crippen molar-refractivity contribution in [3.63, 3.8) is 0 Å². The normalized spacial score (nSPS) is 15.5. The van der Waals surface area contributed by atoms with Gasteiger partial charge in [-0.3, -0.25) is 0 Å². The predicted octanol–water partition coefficient (Wildman–Crippen LogP) is 2.80. The van der Waals surface area contributed by atoms with Crippen molar-refractivity contribution in [2.75, 3.05) is 37.7 Å². The van der Waals surface area contributed by atoms with Crippen LogP contribution < -0.4 is 15.4 Å². The minimum absolute atomic E-state index is 0.110. The molecule has 1 aromatic carbocycles. The van der Waals surface area contributed by atoms with Crippen LogP contribution in [0.4, 0.5) is 23.2 Å². The van der Waals surface area contributed by atoms with E-state index in [1.165, 1.54) is 24.4 Å². The lowest BCUT2D eigenvalue weighted by molar-refractivity contribution is -0.154. The number of hydrogen-bond donors (Lipinski definition) is 1. The minimum Gasteiger partial charge on any atom is -0.468 e. The third kappa shape index (κ3) is 6.23. The number of pyridine rings is 1. The fraction of sp³-hybridized carbons (Fsp3) is 0.368. The monoisotopic (exact) mass is 411 g/mol. The number of halogens is 4. The van der Waals surface area contributed by atoms with Gasteiger partial charge in [0.15, 0.2) is 12.6 Å². The second kappa shape index (κ2) is 8.97. The molecule has 0 radical (unpaired) electrons. The summed E-state index contributed by atoms with van der Waals surface area (Å²) >= 11 is 0. The van der Waals surface area contributed by atoms with Crippen LogP contribution >= 0.6 is 0 Å². The van der Waals surface area contributed by atoms with Gasteiger partial charge in [0.2, 0.25) is 5.88 Å². The molecule has 1 aliphatic rings. The van der Waals surface area contributed by atoms with E-state index >= 15 is 0 Å². The fourth-order valence-electron chi connectivity index (χ4n) is 2.90. The molecule has 0 spiro atoms. The van der Waals surface area contributed by atoms with Crippen molar-refractivity contribution in [1.29, 1.82) is 0 Å². The van der Waals surface area contributed by atoms with E-state index in [2.05, 4.69) is 19.6 Å². The van der Waals surface area contributed by atoms with E-state index in [0.29, 0.717) is 37.7 Å².